The molecule has 42 heavy (non-hydrogen) atoms. The summed E-state index contributed by atoms with van der Waals surface area (Å²) in [5.74, 6) is -5.76. The summed E-state index contributed by atoms with van der Waals surface area (Å²) in [6.45, 7) is 4.47. The van der Waals surface area contributed by atoms with Crippen molar-refractivity contribution in [2.45, 2.75) is 55.7 Å². The highest BCUT2D eigenvalue weighted by molar-refractivity contribution is 6.30. The lowest BCUT2D eigenvalue weighted by Crippen LogP contribution is -2.74. The van der Waals surface area contributed by atoms with Gasteiger partial charge < -0.3 is 35.0 Å². The minimum atomic E-state index is -2.32. The summed E-state index contributed by atoms with van der Waals surface area (Å²) in [5, 5.41) is 57.7. The van der Waals surface area contributed by atoms with E-state index < -0.39 is 63.8 Å². The third kappa shape index (κ3) is 2.27. The summed E-state index contributed by atoms with van der Waals surface area (Å²) in [4.78, 5) is 41.7. The zero-order chi connectivity index (χ0) is 29.9. The number of aromatic hydroxyl groups is 2. The third-order valence-corrected chi connectivity index (χ3v) is 9.86. The van der Waals surface area contributed by atoms with Gasteiger partial charge in [0.25, 0.3) is 5.79 Å². The minimum absolute atomic E-state index is 0.0194. The van der Waals surface area contributed by atoms with Gasteiger partial charge in [0, 0.05) is 28.7 Å². The van der Waals surface area contributed by atoms with Crippen LogP contribution in [-0.2, 0) is 20.7 Å². The van der Waals surface area contributed by atoms with Gasteiger partial charge in [0.2, 0.25) is 5.78 Å². The van der Waals surface area contributed by atoms with Crippen molar-refractivity contribution in [3.05, 3.63) is 92.5 Å². The molecule has 1 spiro atoms. The van der Waals surface area contributed by atoms with Crippen molar-refractivity contribution in [3.8, 4) is 17.2 Å². The first-order chi connectivity index (χ1) is 19.7. The Balaban J connectivity index is 1.55. The monoisotopic (exact) mass is 568 g/mol. The van der Waals surface area contributed by atoms with Crippen LogP contribution in [-0.4, -0.2) is 60.2 Å². The molecule has 212 valence electrons. The first-order valence-corrected chi connectivity index (χ1v) is 13.5. The quantitative estimate of drug-likeness (QED) is 0.212. The molecule has 1 saturated carbocycles. The summed E-state index contributed by atoms with van der Waals surface area (Å²) < 4.78 is 13.1. The molecule has 3 aromatic carbocycles. The molecule has 5 aliphatic rings. The molecule has 3 aliphatic carbocycles. The summed E-state index contributed by atoms with van der Waals surface area (Å²) in [5.41, 5.74) is -6.86. The molecular weight excluding hydrogens is 544 g/mol. The van der Waals surface area contributed by atoms with E-state index >= 15 is 0 Å². The molecule has 1 unspecified atom stereocenters. The van der Waals surface area contributed by atoms with Gasteiger partial charge in [-0.05, 0) is 50.6 Å². The van der Waals surface area contributed by atoms with Gasteiger partial charge in [-0.2, -0.15) is 0 Å². The Morgan fingerprint density at radius 2 is 1.60 bits per heavy atom. The smallest absolute Gasteiger partial charge is 0.255 e. The van der Waals surface area contributed by atoms with E-state index in [1.165, 1.54) is 56.3 Å². The second kappa shape index (κ2) is 7.09. The van der Waals surface area contributed by atoms with E-state index in [0.717, 1.165) is 0 Å². The van der Waals surface area contributed by atoms with Crippen LogP contribution in [0.1, 0.15) is 74.4 Å². The number of aliphatic hydroxyl groups is 3. The van der Waals surface area contributed by atoms with E-state index in [0.29, 0.717) is 5.56 Å². The van der Waals surface area contributed by atoms with Gasteiger partial charge in [0.15, 0.2) is 11.6 Å². The fraction of sp³-hybridized carbons (Fsp3) is 0.281. The largest absolute Gasteiger partial charge is 0.507 e. The second-order valence-electron chi connectivity index (χ2n) is 12.0. The first kappa shape index (κ1) is 25.2. The number of ketones is 3. The summed E-state index contributed by atoms with van der Waals surface area (Å²) in [6.07, 6.45) is -1.79. The maximum Gasteiger partial charge on any atom is 0.255 e. The van der Waals surface area contributed by atoms with Crippen molar-refractivity contribution in [3.63, 3.8) is 0 Å². The number of phenols is 2. The molecule has 10 heteroatoms. The van der Waals surface area contributed by atoms with Gasteiger partial charge >= 0.3 is 0 Å². The molecule has 2 fully saturated rings. The number of fused-ring (bicyclic) bond motifs is 5. The predicted molar refractivity (Wildman–Crippen MR) is 144 cm³/mol. The molecule has 0 bridgehead atoms. The van der Waals surface area contributed by atoms with Crippen molar-refractivity contribution in [2.24, 2.45) is 0 Å². The molecule has 0 radical (unpaired) electrons. The highest BCUT2D eigenvalue weighted by atomic mass is 16.7. The van der Waals surface area contributed by atoms with Gasteiger partial charge in [-0.1, -0.05) is 18.2 Å². The molecule has 1 saturated heterocycles. The Morgan fingerprint density at radius 1 is 0.857 bits per heavy atom. The van der Waals surface area contributed by atoms with Crippen LogP contribution in [0, 0.1) is 6.92 Å². The van der Waals surface area contributed by atoms with Crippen LogP contribution in [0.3, 0.4) is 0 Å². The number of hydrogen-bond donors (Lipinski definition) is 5. The summed E-state index contributed by atoms with van der Waals surface area (Å²) in [6, 6.07) is 9.95. The fourth-order valence-electron chi connectivity index (χ4n) is 8.35. The average Bonchev–Trinajstić information content (AvgIpc) is 3.31. The van der Waals surface area contributed by atoms with Crippen LogP contribution in [0.4, 0.5) is 0 Å². The molecule has 5 N–H and O–H groups in total. The average molecular weight is 569 g/mol. The van der Waals surface area contributed by atoms with E-state index in [2.05, 4.69) is 0 Å². The maximum absolute atomic E-state index is 14.1. The molecule has 2 aliphatic heterocycles. The maximum atomic E-state index is 14.1. The van der Waals surface area contributed by atoms with Crippen molar-refractivity contribution in [1.82, 2.24) is 0 Å². The van der Waals surface area contributed by atoms with Gasteiger partial charge in [-0.3, -0.25) is 14.4 Å². The van der Waals surface area contributed by atoms with Crippen LogP contribution in [0.15, 0.2) is 48.0 Å². The Labute approximate surface area is 238 Å². The number of aliphatic hydroxyl groups excluding tert-OH is 1. The lowest BCUT2D eigenvalue weighted by atomic mass is 9.46. The van der Waals surface area contributed by atoms with E-state index in [4.69, 9.17) is 9.47 Å². The van der Waals surface area contributed by atoms with Gasteiger partial charge in [-0.15, -0.1) is 0 Å². The van der Waals surface area contributed by atoms with Crippen molar-refractivity contribution < 1.29 is 49.4 Å². The van der Waals surface area contributed by atoms with E-state index in [-0.39, 0.29) is 56.0 Å². The summed E-state index contributed by atoms with van der Waals surface area (Å²) in [7, 11) is 0. The molecular formula is C32H24O10. The van der Waals surface area contributed by atoms with Crippen molar-refractivity contribution >= 4 is 23.1 Å². The molecule has 5 atom stereocenters. The highest BCUT2D eigenvalue weighted by Gasteiger charge is 2.88. The Morgan fingerprint density at radius 3 is 2.33 bits per heavy atom. The topological polar surface area (TPSA) is 171 Å². The van der Waals surface area contributed by atoms with E-state index in [1.54, 1.807) is 6.92 Å². The molecule has 3 aromatic rings. The van der Waals surface area contributed by atoms with Crippen LogP contribution < -0.4 is 4.74 Å². The number of rotatable bonds is 0. The van der Waals surface area contributed by atoms with Crippen molar-refractivity contribution in [1.29, 1.82) is 0 Å². The van der Waals surface area contributed by atoms with Crippen molar-refractivity contribution in [2.75, 3.05) is 0 Å². The second-order valence-corrected chi connectivity index (χ2v) is 12.0. The Hall–Kier alpha value is -4.51. The van der Waals surface area contributed by atoms with E-state index in [1.807, 2.05) is 0 Å². The number of carbonyl (C=O) groups excluding carboxylic acids is 3. The Bertz CT molecular complexity index is 1940. The number of Topliss-reactive ketones (excluding diaryl/α,β-unsaturated/α-hetero) is 1. The number of carbonyl (C=O) groups is 3. The third-order valence-electron chi connectivity index (χ3n) is 9.86. The number of aryl methyl sites for hydroxylation is 1. The van der Waals surface area contributed by atoms with Gasteiger partial charge in [0.1, 0.15) is 39.6 Å². The molecule has 10 nitrogen and oxygen atoms in total. The standard InChI is InChI=1S/C32H24O10/c1-12-9-15-21(19(34)10-12)26(37)22-14(25(15)36)7-8-17-28(22)42-32-16-5-4-6-18(33)23(16)27(38)24-20(35)11-29(3,39)31(40,13(2)41-32)30(17,24)32/h4-10,13,33-34,38-40H,11H2,1-3H3/t13-,29+,30?,31-,32+/m0/s1. The summed E-state index contributed by atoms with van der Waals surface area (Å²) >= 11 is 0. The lowest BCUT2D eigenvalue weighted by molar-refractivity contribution is -0.199. The van der Waals surface area contributed by atoms with Crippen LogP contribution in [0.25, 0.3) is 5.76 Å². The number of ether oxygens (including phenoxy) is 2. The van der Waals surface area contributed by atoms with Crippen LogP contribution in [0.5, 0.6) is 17.2 Å². The molecule has 0 aromatic heterocycles. The van der Waals surface area contributed by atoms with Crippen LogP contribution >= 0.6 is 0 Å². The molecule has 0 amide bonds. The van der Waals surface area contributed by atoms with Crippen LogP contribution in [0.2, 0.25) is 0 Å². The SMILES string of the molecule is Cc1cc(O)c2c(c1)C(=O)c1ccc3c(c1C2=O)O[C@@]12O[C@@H](C)[C@@]4(O)C31C(=C(O)c1c(O)cccc12)C(=O)C[C@@]4(C)O. The number of hydrogen-bond acceptors (Lipinski definition) is 10. The fourth-order valence-corrected chi connectivity index (χ4v) is 8.35. The minimum Gasteiger partial charge on any atom is -0.507 e. The zero-order valence-corrected chi connectivity index (χ0v) is 22.6. The number of phenolic OH excluding ortho intramolecular Hbond substituents is 2. The predicted octanol–water partition coefficient (Wildman–Crippen LogP) is 2.82. The van der Waals surface area contributed by atoms with E-state index in [9.17, 15) is 39.9 Å². The zero-order valence-electron chi connectivity index (χ0n) is 22.6. The molecule has 2 heterocycles. The highest BCUT2D eigenvalue weighted by Crippen LogP contribution is 2.76. The molecule has 8 rings (SSSR count). The number of benzene rings is 3. The lowest BCUT2D eigenvalue weighted by Gasteiger charge is -2.56. The van der Waals surface area contributed by atoms with Gasteiger partial charge in [0.05, 0.1) is 28.4 Å². The normalized spacial score (nSPS) is 33.4. The first-order valence-electron chi connectivity index (χ1n) is 13.5. The van der Waals surface area contributed by atoms with Gasteiger partial charge in [-0.25, -0.2) is 0 Å². The Kier molecular flexibility index (Phi) is 4.26.